The van der Waals surface area contributed by atoms with E-state index in [1.807, 2.05) is 6.07 Å². The highest BCUT2D eigenvalue weighted by molar-refractivity contribution is 7.90. The zero-order chi connectivity index (χ0) is 19.8. The van der Waals surface area contributed by atoms with Gasteiger partial charge in [0.05, 0.1) is 29.5 Å². The number of likely N-dealkylation sites (tertiary alicyclic amines) is 1. The molecule has 144 valence electrons. The Morgan fingerprint density at radius 3 is 2.67 bits per heavy atom. The van der Waals surface area contributed by atoms with Gasteiger partial charge in [-0.1, -0.05) is 6.07 Å². The van der Waals surface area contributed by atoms with Crippen molar-refractivity contribution in [2.24, 2.45) is 13.0 Å². The number of nitrogens with one attached hydrogen (secondary N) is 1. The second-order valence-corrected chi connectivity index (χ2v) is 8.21. The molecule has 0 aliphatic carbocycles. The molecule has 0 radical (unpaired) electrons. The van der Waals surface area contributed by atoms with Crippen LogP contribution in [0.2, 0.25) is 0 Å². The maximum Gasteiger partial charge on any atom is 0.267 e. The van der Waals surface area contributed by atoms with Crippen molar-refractivity contribution in [2.45, 2.75) is 31.7 Å². The zero-order valence-corrected chi connectivity index (χ0v) is 16.2. The number of amides is 2. The Balaban J connectivity index is 1.70. The number of sulfonamides is 1. The van der Waals surface area contributed by atoms with Crippen molar-refractivity contribution in [3.05, 3.63) is 41.5 Å². The van der Waals surface area contributed by atoms with E-state index in [1.54, 1.807) is 39.2 Å². The smallest absolute Gasteiger partial charge is 0.267 e. The second kappa shape index (κ2) is 7.10. The maximum atomic E-state index is 12.6. The van der Waals surface area contributed by atoms with Gasteiger partial charge < -0.3 is 4.90 Å². The van der Waals surface area contributed by atoms with Crippen LogP contribution in [0, 0.1) is 19.8 Å². The number of rotatable bonds is 5. The van der Waals surface area contributed by atoms with Crippen molar-refractivity contribution in [2.75, 3.05) is 6.54 Å². The Morgan fingerprint density at radius 1 is 1.33 bits per heavy atom. The van der Waals surface area contributed by atoms with Gasteiger partial charge in [-0.15, -0.1) is 0 Å². The number of aromatic nitrogens is 3. The molecule has 0 aromatic carbocycles. The molecule has 0 bridgehead atoms. The summed E-state index contributed by atoms with van der Waals surface area (Å²) in [5.74, 6) is -1.62. The van der Waals surface area contributed by atoms with Gasteiger partial charge in [-0.2, -0.15) is 5.10 Å². The normalized spacial score (nSPS) is 17.4. The van der Waals surface area contributed by atoms with Gasteiger partial charge in [-0.05, 0) is 26.0 Å². The Kier molecular flexibility index (Phi) is 5.01. The summed E-state index contributed by atoms with van der Waals surface area (Å²) in [6.45, 7) is 3.63. The molecule has 1 atom stereocenters. The summed E-state index contributed by atoms with van der Waals surface area (Å²) in [4.78, 5) is 30.4. The number of hydrogen-bond donors (Lipinski definition) is 1. The standard InChI is InChI=1S/C17H21N5O4S/c1-11-16(12(2)21(3)19-11)27(25,26)20-17(24)13-8-15(23)22(9-13)10-14-6-4-5-7-18-14/h4-7,13H,8-10H2,1-3H3,(H,20,24)/t13-/m1/s1. The van der Waals surface area contributed by atoms with Crippen LogP contribution < -0.4 is 4.72 Å². The summed E-state index contributed by atoms with van der Waals surface area (Å²) in [7, 11) is -2.42. The van der Waals surface area contributed by atoms with E-state index < -0.39 is 21.8 Å². The molecule has 0 saturated carbocycles. The average Bonchev–Trinajstić information content (AvgIpc) is 3.08. The SMILES string of the molecule is Cc1nn(C)c(C)c1S(=O)(=O)NC(=O)[C@@H]1CC(=O)N(Cc2ccccn2)C1. The Hall–Kier alpha value is -2.75. The third-order valence-electron chi connectivity index (χ3n) is 4.61. The van der Waals surface area contributed by atoms with Crippen molar-refractivity contribution in [1.29, 1.82) is 0 Å². The van der Waals surface area contributed by atoms with Crippen LogP contribution in [0.4, 0.5) is 0 Å². The van der Waals surface area contributed by atoms with Gasteiger partial charge >= 0.3 is 0 Å². The summed E-state index contributed by atoms with van der Waals surface area (Å²) in [6.07, 6.45) is 1.60. The molecule has 10 heteroatoms. The van der Waals surface area contributed by atoms with Crippen LogP contribution in [0.5, 0.6) is 0 Å². The molecule has 0 unspecified atom stereocenters. The monoisotopic (exact) mass is 391 g/mol. The highest BCUT2D eigenvalue weighted by Crippen LogP contribution is 2.22. The molecule has 2 aromatic rings. The van der Waals surface area contributed by atoms with E-state index in [1.165, 1.54) is 9.58 Å². The first-order valence-electron chi connectivity index (χ1n) is 8.43. The minimum absolute atomic E-state index is 0.00647. The minimum Gasteiger partial charge on any atom is -0.336 e. The van der Waals surface area contributed by atoms with E-state index in [-0.39, 0.29) is 30.3 Å². The molecule has 1 saturated heterocycles. The first-order valence-corrected chi connectivity index (χ1v) is 9.92. The van der Waals surface area contributed by atoms with E-state index in [2.05, 4.69) is 14.8 Å². The van der Waals surface area contributed by atoms with Gasteiger partial charge in [0.2, 0.25) is 11.8 Å². The fourth-order valence-corrected chi connectivity index (χ4v) is 4.68. The van der Waals surface area contributed by atoms with E-state index >= 15 is 0 Å². The number of pyridine rings is 1. The summed E-state index contributed by atoms with van der Waals surface area (Å²) in [6, 6.07) is 5.39. The van der Waals surface area contributed by atoms with Crippen LogP contribution in [0.1, 0.15) is 23.5 Å². The molecule has 1 fully saturated rings. The molecule has 27 heavy (non-hydrogen) atoms. The molecular weight excluding hydrogens is 370 g/mol. The van der Waals surface area contributed by atoms with Crippen LogP contribution in [0.25, 0.3) is 0 Å². The molecule has 3 heterocycles. The Bertz CT molecular complexity index is 984. The number of hydrogen-bond acceptors (Lipinski definition) is 6. The van der Waals surface area contributed by atoms with Crippen molar-refractivity contribution < 1.29 is 18.0 Å². The lowest BCUT2D eigenvalue weighted by molar-refractivity contribution is -0.129. The summed E-state index contributed by atoms with van der Waals surface area (Å²) in [5, 5.41) is 4.07. The Morgan fingerprint density at radius 2 is 2.07 bits per heavy atom. The third-order valence-corrected chi connectivity index (χ3v) is 6.21. The summed E-state index contributed by atoms with van der Waals surface area (Å²) < 4.78 is 28.8. The lowest BCUT2D eigenvalue weighted by Crippen LogP contribution is -2.37. The fraction of sp³-hybridized carbons (Fsp3) is 0.412. The van der Waals surface area contributed by atoms with Crippen LogP contribution in [-0.2, 0) is 33.2 Å². The van der Waals surface area contributed by atoms with Gasteiger partial charge in [0.1, 0.15) is 4.90 Å². The maximum absolute atomic E-state index is 12.6. The molecule has 9 nitrogen and oxygen atoms in total. The van der Waals surface area contributed by atoms with Crippen molar-refractivity contribution >= 4 is 21.8 Å². The molecule has 2 amide bonds. The largest absolute Gasteiger partial charge is 0.336 e. The van der Waals surface area contributed by atoms with E-state index in [0.29, 0.717) is 17.1 Å². The topological polar surface area (TPSA) is 114 Å². The number of aryl methyl sites for hydroxylation is 2. The van der Waals surface area contributed by atoms with E-state index in [0.717, 1.165) is 0 Å². The zero-order valence-electron chi connectivity index (χ0n) is 15.3. The van der Waals surface area contributed by atoms with Gasteiger partial charge in [0, 0.05) is 26.2 Å². The van der Waals surface area contributed by atoms with Gasteiger partial charge in [0.15, 0.2) is 0 Å². The summed E-state index contributed by atoms with van der Waals surface area (Å²) in [5.41, 5.74) is 1.46. The van der Waals surface area contributed by atoms with Crippen molar-refractivity contribution in [1.82, 2.24) is 24.4 Å². The molecule has 0 spiro atoms. The van der Waals surface area contributed by atoms with Gasteiger partial charge in [-0.25, -0.2) is 13.1 Å². The minimum atomic E-state index is -4.06. The highest BCUT2D eigenvalue weighted by atomic mass is 32.2. The van der Waals surface area contributed by atoms with Crippen LogP contribution in [-0.4, -0.2) is 46.4 Å². The summed E-state index contributed by atoms with van der Waals surface area (Å²) >= 11 is 0. The van der Waals surface area contributed by atoms with Crippen molar-refractivity contribution in [3.8, 4) is 0 Å². The van der Waals surface area contributed by atoms with Crippen LogP contribution in [0.3, 0.4) is 0 Å². The molecule has 1 N–H and O–H groups in total. The predicted molar refractivity (Wildman–Crippen MR) is 95.8 cm³/mol. The Labute approximate surface area is 157 Å². The number of carbonyl (C=O) groups is 2. The van der Waals surface area contributed by atoms with Crippen LogP contribution >= 0.6 is 0 Å². The average molecular weight is 391 g/mol. The lowest BCUT2D eigenvalue weighted by Gasteiger charge is -2.16. The van der Waals surface area contributed by atoms with Gasteiger partial charge in [0.25, 0.3) is 10.0 Å². The lowest BCUT2D eigenvalue weighted by atomic mass is 10.1. The fourth-order valence-electron chi connectivity index (χ4n) is 3.20. The first-order chi connectivity index (χ1) is 12.7. The first kappa shape index (κ1) is 19.0. The van der Waals surface area contributed by atoms with Crippen LogP contribution in [0.15, 0.2) is 29.3 Å². The van der Waals surface area contributed by atoms with E-state index in [9.17, 15) is 18.0 Å². The van der Waals surface area contributed by atoms with Crippen molar-refractivity contribution in [3.63, 3.8) is 0 Å². The number of carbonyl (C=O) groups excluding carboxylic acids is 2. The quantitative estimate of drug-likeness (QED) is 0.783. The molecule has 1 aliphatic rings. The molecular formula is C17H21N5O4S. The van der Waals surface area contributed by atoms with E-state index in [4.69, 9.17) is 0 Å². The molecule has 2 aromatic heterocycles. The molecule has 1 aliphatic heterocycles. The predicted octanol–water partition coefficient (Wildman–Crippen LogP) is 0.286. The number of nitrogens with zero attached hydrogens (tertiary/aromatic N) is 4. The second-order valence-electron chi connectivity index (χ2n) is 6.59. The highest BCUT2D eigenvalue weighted by Gasteiger charge is 2.37. The van der Waals surface area contributed by atoms with Gasteiger partial charge in [-0.3, -0.25) is 19.3 Å². The molecule has 3 rings (SSSR count). The third kappa shape index (κ3) is 3.85.